The summed E-state index contributed by atoms with van der Waals surface area (Å²) in [6.45, 7) is 0.956. The summed E-state index contributed by atoms with van der Waals surface area (Å²) in [5.74, 6) is -2.96. The van der Waals surface area contributed by atoms with Gasteiger partial charge >= 0.3 is 12.2 Å². The monoisotopic (exact) mass is 489 g/mol. The van der Waals surface area contributed by atoms with Crippen LogP contribution in [0.25, 0.3) is 0 Å². The highest BCUT2D eigenvalue weighted by molar-refractivity contribution is 6.05. The summed E-state index contributed by atoms with van der Waals surface area (Å²) >= 11 is 0. The van der Waals surface area contributed by atoms with Crippen molar-refractivity contribution in [1.82, 2.24) is 4.90 Å². The lowest BCUT2D eigenvalue weighted by Gasteiger charge is -2.36. The van der Waals surface area contributed by atoms with E-state index in [-0.39, 0.29) is 18.3 Å². The zero-order valence-corrected chi connectivity index (χ0v) is 18.3. The van der Waals surface area contributed by atoms with Gasteiger partial charge < -0.3 is 10.2 Å². The molecule has 182 valence electrons. The molecule has 0 atom stereocenters. The van der Waals surface area contributed by atoms with Gasteiger partial charge in [-0.2, -0.15) is 13.2 Å². The molecule has 1 aliphatic heterocycles. The number of nitrogens with one attached hydrogen (secondary N) is 1. The molecule has 35 heavy (non-hydrogen) atoms. The molecule has 3 aromatic carbocycles. The average Bonchev–Trinajstić information content (AvgIpc) is 2.80. The second-order valence-electron chi connectivity index (χ2n) is 8.01. The minimum Gasteiger partial charge on any atom is -0.322 e. The quantitative estimate of drug-likeness (QED) is 0.443. The van der Waals surface area contributed by atoms with Gasteiger partial charge in [0.05, 0.1) is 5.56 Å². The number of carbonyl (C=O) groups is 2. The molecule has 4 rings (SSSR count). The van der Waals surface area contributed by atoms with Crippen LogP contribution in [-0.4, -0.2) is 29.9 Å². The summed E-state index contributed by atoms with van der Waals surface area (Å²) in [6.07, 6.45) is -3.82. The van der Waals surface area contributed by atoms with Crippen molar-refractivity contribution >= 4 is 23.3 Å². The van der Waals surface area contributed by atoms with E-state index in [9.17, 15) is 31.5 Å². The van der Waals surface area contributed by atoms with Crippen LogP contribution in [0.1, 0.15) is 27.9 Å². The number of nitrogens with zero attached hydrogens (tertiary/aromatic N) is 2. The van der Waals surface area contributed by atoms with E-state index in [0.717, 1.165) is 30.3 Å². The summed E-state index contributed by atoms with van der Waals surface area (Å²) < 4.78 is 66.2. The normalized spacial score (nSPS) is 14.3. The van der Waals surface area contributed by atoms with Crippen molar-refractivity contribution in [3.8, 4) is 0 Å². The lowest BCUT2D eigenvalue weighted by atomic mass is 10.1. The molecule has 5 nitrogen and oxygen atoms in total. The number of rotatable bonds is 5. The van der Waals surface area contributed by atoms with Crippen LogP contribution in [0.3, 0.4) is 0 Å². The molecule has 1 saturated heterocycles. The fourth-order valence-corrected chi connectivity index (χ4v) is 3.85. The van der Waals surface area contributed by atoms with Crippen LogP contribution in [0.4, 0.5) is 38.1 Å². The van der Waals surface area contributed by atoms with E-state index in [1.165, 1.54) is 34.1 Å². The zero-order valence-electron chi connectivity index (χ0n) is 18.3. The van der Waals surface area contributed by atoms with Gasteiger partial charge in [0.2, 0.25) is 0 Å². The van der Waals surface area contributed by atoms with Crippen LogP contribution in [-0.2, 0) is 12.7 Å². The van der Waals surface area contributed by atoms with Gasteiger partial charge in [0.15, 0.2) is 0 Å². The number of anilines is 2. The first-order valence-corrected chi connectivity index (χ1v) is 10.7. The Morgan fingerprint density at radius 3 is 2.23 bits per heavy atom. The van der Waals surface area contributed by atoms with Crippen LogP contribution in [0.5, 0.6) is 0 Å². The molecule has 0 aromatic heterocycles. The Hall–Kier alpha value is -3.95. The van der Waals surface area contributed by atoms with Crippen molar-refractivity contribution < 1.29 is 31.5 Å². The number of amides is 3. The Balaban J connectivity index is 1.48. The van der Waals surface area contributed by atoms with E-state index < -0.39 is 34.8 Å². The van der Waals surface area contributed by atoms with Crippen molar-refractivity contribution in [3.05, 3.63) is 95.1 Å². The highest BCUT2D eigenvalue weighted by atomic mass is 19.4. The highest BCUT2D eigenvalue weighted by Gasteiger charge is 2.31. The van der Waals surface area contributed by atoms with Gasteiger partial charge in [0.25, 0.3) is 5.91 Å². The van der Waals surface area contributed by atoms with Gasteiger partial charge in [-0.3, -0.25) is 9.69 Å². The molecule has 0 unspecified atom stereocenters. The Labute approximate surface area is 197 Å². The van der Waals surface area contributed by atoms with Crippen LogP contribution >= 0.6 is 0 Å². The Morgan fingerprint density at radius 2 is 1.57 bits per heavy atom. The number of hydrogen-bond acceptors (Lipinski definition) is 2. The van der Waals surface area contributed by atoms with Gasteiger partial charge in [-0.25, -0.2) is 13.6 Å². The van der Waals surface area contributed by atoms with Crippen molar-refractivity contribution in [2.24, 2.45) is 0 Å². The molecule has 3 amide bonds. The molecule has 1 fully saturated rings. The minimum absolute atomic E-state index is 0.135. The summed E-state index contributed by atoms with van der Waals surface area (Å²) in [5, 5.41) is 2.44. The molecule has 0 saturated carbocycles. The summed E-state index contributed by atoms with van der Waals surface area (Å²) in [7, 11) is 0. The second-order valence-corrected chi connectivity index (χ2v) is 8.01. The SMILES string of the molecule is O=C(Nc1cccc(N2CCCN(Cc3ccc(C(F)(F)F)cc3)C2=O)c1)c1c(F)cccc1F. The van der Waals surface area contributed by atoms with Gasteiger partial charge in [-0.05, 0) is 54.4 Å². The van der Waals surface area contributed by atoms with Crippen LogP contribution < -0.4 is 10.2 Å². The number of urea groups is 1. The third kappa shape index (κ3) is 5.42. The molecule has 1 aliphatic rings. The predicted octanol–water partition coefficient (Wildman–Crippen LogP) is 6.07. The fourth-order valence-electron chi connectivity index (χ4n) is 3.85. The number of alkyl halides is 3. The van der Waals surface area contributed by atoms with Crippen molar-refractivity contribution in [2.75, 3.05) is 23.3 Å². The summed E-state index contributed by atoms with van der Waals surface area (Å²) in [6, 6.07) is 13.7. The van der Waals surface area contributed by atoms with E-state index in [2.05, 4.69) is 5.32 Å². The topological polar surface area (TPSA) is 52.7 Å². The maximum absolute atomic E-state index is 13.9. The largest absolute Gasteiger partial charge is 0.416 e. The van der Waals surface area contributed by atoms with E-state index >= 15 is 0 Å². The standard InChI is InChI=1S/C25H20F5N3O2/c26-20-6-2-7-21(27)22(20)23(34)31-18-4-1-5-19(14-18)33-13-3-12-32(24(33)35)15-16-8-10-17(11-9-16)25(28,29)30/h1-2,4-11,14H,3,12-13,15H2,(H,31,34). The molecule has 3 aromatic rings. The molecule has 0 radical (unpaired) electrons. The van der Waals surface area contributed by atoms with Crippen LogP contribution in [0.15, 0.2) is 66.7 Å². The number of benzene rings is 3. The average molecular weight is 489 g/mol. The third-order valence-electron chi connectivity index (χ3n) is 5.57. The van der Waals surface area contributed by atoms with Crippen LogP contribution in [0, 0.1) is 11.6 Å². The van der Waals surface area contributed by atoms with Gasteiger partial charge in [-0.15, -0.1) is 0 Å². The first-order chi connectivity index (χ1) is 16.6. The summed E-state index contributed by atoms with van der Waals surface area (Å²) in [4.78, 5) is 28.5. The maximum Gasteiger partial charge on any atom is 0.416 e. The van der Waals surface area contributed by atoms with Gasteiger partial charge in [0.1, 0.15) is 17.2 Å². The Kier molecular flexibility index (Phi) is 6.72. The van der Waals surface area contributed by atoms with E-state index in [1.807, 2.05) is 0 Å². The molecule has 10 heteroatoms. The third-order valence-corrected chi connectivity index (χ3v) is 5.57. The van der Waals surface area contributed by atoms with Crippen LogP contribution in [0.2, 0.25) is 0 Å². The van der Waals surface area contributed by atoms with Crippen molar-refractivity contribution in [3.63, 3.8) is 0 Å². The number of hydrogen-bond donors (Lipinski definition) is 1. The number of carbonyl (C=O) groups excluding carboxylic acids is 2. The van der Waals surface area contributed by atoms with Gasteiger partial charge in [0, 0.05) is 31.0 Å². The van der Waals surface area contributed by atoms with E-state index in [0.29, 0.717) is 30.8 Å². The smallest absolute Gasteiger partial charge is 0.322 e. The highest BCUT2D eigenvalue weighted by Crippen LogP contribution is 2.30. The molecular weight excluding hydrogens is 469 g/mol. The van der Waals surface area contributed by atoms with Crippen molar-refractivity contribution in [1.29, 1.82) is 0 Å². The maximum atomic E-state index is 13.9. The second kappa shape index (κ2) is 9.73. The zero-order chi connectivity index (χ0) is 25.2. The Morgan fingerprint density at radius 1 is 0.914 bits per heavy atom. The van der Waals surface area contributed by atoms with E-state index in [4.69, 9.17) is 0 Å². The van der Waals surface area contributed by atoms with Gasteiger partial charge in [-0.1, -0.05) is 24.3 Å². The minimum atomic E-state index is -4.44. The molecule has 0 spiro atoms. The van der Waals surface area contributed by atoms with Crippen molar-refractivity contribution in [2.45, 2.75) is 19.1 Å². The summed E-state index contributed by atoms with van der Waals surface area (Å²) in [5.41, 5.74) is -0.223. The predicted molar refractivity (Wildman–Crippen MR) is 120 cm³/mol. The molecule has 1 heterocycles. The fraction of sp³-hybridized carbons (Fsp3) is 0.200. The lowest BCUT2D eigenvalue weighted by Crippen LogP contribution is -2.49. The van der Waals surface area contributed by atoms with E-state index in [1.54, 1.807) is 12.1 Å². The first-order valence-electron chi connectivity index (χ1n) is 10.7. The lowest BCUT2D eigenvalue weighted by molar-refractivity contribution is -0.137. The molecule has 1 N–H and O–H groups in total. The molecule has 0 bridgehead atoms. The number of halogens is 5. The molecular formula is C25H20F5N3O2. The first kappa shape index (κ1) is 24.2. The molecule has 0 aliphatic carbocycles. The Bertz CT molecular complexity index is 1220.